The molecule has 0 N–H and O–H groups in total. The highest BCUT2D eigenvalue weighted by atomic mass is 15.1. The third-order valence-electron chi connectivity index (χ3n) is 2.18. The van der Waals surface area contributed by atoms with Crippen LogP contribution in [0.4, 0.5) is 0 Å². The summed E-state index contributed by atoms with van der Waals surface area (Å²) in [5.74, 6) is 0. The van der Waals surface area contributed by atoms with Gasteiger partial charge < -0.3 is 0 Å². The van der Waals surface area contributed by atoms with E-state index in [1.54, 1.807) is 0 Å². The second-order valence-corrected chi connectivity index (χ2v) is 3.02. The molecule has 12 heavy (non-hydrogen) atoms. The number of nitrogens with zero attached hydrogens (tertiary/aromatic N) is 3. The van der Waals surface area contributed by atoms with Crippen LogP contribution in [0.1, 0.15) is 29.8 Å². The van der Waals surface area contributed by atoms with Crippen LogP contribution in [0, 0.1) is 11.3 Å². The summed E-state index contributed by atoms with van der Waals surface area (Å²) in [6.07, 6.45) is 4.49. The molecule has 0 spiro atoms. The standard InChI is InChI=1S/C9H9N3/c10-6-8-5-7-3-1-2-4-9(7)12-11-8/h5H,1-4H2. The summed E-state index contributed by atoms with van der Waals surface area (Å²) in [5, 5.41) is 16.4. The average Bonchev–Trinajstić information content (AvgIpc) is 2.17. The smallest absolute Gasteiger partial charge is 0.163 e. The number of nitriles is 1. The summed E-state index contributed by atoms with van der Waals surface area (Å²) in [4.78, 5) is 0. The Balaban J connectivity index is 2.44. The van der Waals surface area contributed by atoms with Crippen LogP contribution in [-0.2, 0) is 12.8 Å². The molecule has 1 aromatic rings. The molecule has 0 aromatic carbocycles. The molecule has 1 aliphatic carbocycles. The van der Waals surface area contributed by atoms with Gasteiger partial charge in [-0.2, -0.15) is 10.4 Å². The summed E-state index contributed by atoms with van der Waals surface area (Å²) in [7, 11) is 0. The lowest BCUT2D eigenvalue weighted by atomic mass is 9.96. The predicted molar refractivity (Wildman–Crippen MR) is 43.4 cm³/mol. The summed E-state index contributed by atoms with van der Waals surface area (Å²) in [6, 6.07) is 3.87. The van der Waals surface area contributed by atoms with Crippen molar-refractivity contribution in [3.8, 4) is 6.07 Å². The highest BCUT2D eigenvalue weighted by molar-refractivity contribution is 5.29. The molecule has 1 heterocycles. The summed E-state index contributed by atoms with van der Waals surface area (Å²) in [6.45, 7) is 0. The number of aromatic nitrogens is 2. The van der Waals surface area contributed by atoms with E-state index in [1.165, 1.54) is 18.4 Å². The van der Waals surface area contributed by atoms with Crippen LogP contribution in [0.3, 0.4) is 0 Å². The highest BCUT2D eigenvalue weighted by Crippen LogP contribution is 2.18. The van der Waals surface area contributed by atoms with E-state index in [4.69, 9.17) is 5.26 Å². The highest BCUT2D eigenvalue weighted by Gasteiger charge is 2.11. The third-order valence-corrected chi connectivity index (χ3v) is 2.18. The van der Waals surface area contributed by atoms with Crippen LogP contribution in [-0.4, -0.2) is 10.2 Å². The molecule has 0 atom stereocenters. The van der Waals surface area contributed by atoms with Crippen molar-refractivity contribution < 1.29 is 0 Å². The number of hydrogen-bond acceptors (Lipinski definition) is 3. The molecular formula is C9H9N3. The van der Waals surface area contributed by atoms with Crippen molar-refractivity contribution in [1.82, 2.24) is 10.2 Å². The molecule has 60 valence electrons. The number of hydrogen-bond donors (Lipinski definition) is 0. The molecule has 0 aliphatic heterocycles. The van der Waals surface area contributed by atoms with Gasteiger partial charge in [0.05, 0.1) is 5.69 Å². The maximum Gasteiger partial charge on any atom is 0.163 e. The van der Waals surface area contributed by atoms with Crippen LogP contribution in [0.5, 0.6) is 0 Å². The van der Waals surface area contributed by atoms with Crippen LogP contribution >= 0.6 is 0 Å². The molecule has 0 unspecified atom stereocenters. The van der Waals surface area contributed by atoms with Gasteiger partial charge in [0, 0.05) is 0 Å². The van der Waals surface area contributed by atoms with E-state index in [9.17, 15) is 0 Å². The molecule has 3 nitrogen and oxygen atoms in total. The minimum absolute atomic E-state index is 0.440. The van der Waals surface area contributed by atoms with Crippen molar-refractivity contribution in [2.45, 2.75) is 25.7 Å². The molecule has 0 radical (unpaired) electrons. The van der Waals surface area contributed by atoms with E-state index in [0.717, 1.165) is 18.5 Å². The van der Waals surface area contributed by atoms with Gasteiger partial charge in [-0.25, -0.2) is 0 Å². The second-order valence-electron chi connectivity index (χ2n) is 3.02. The van der Waals surface area contributed by atoms with E-state index in [0.29, 0.717) is 5.69 Å². The van der Waals surface area contributed by atoms with Crippen LogP contribution in [0.25, 0.3) is 0 Å². The Morgan fingerprint density at radius 3 is 2.92 bits per heavy atom. The first kappa shape index (κ1) is 7.23. The zero-order valence-electron chi connectivity index (χ0n) is 6.75. The maximum atomic E-state index is 8.59. The Morgan fingerprint density at radius 1 is 1.25 bits per heavy atom. The topological polar surface area (TPSA) is 49.6 Å². The molecule has 0 bridgehead atoms. The van der Waals surface area contributed by atoms with Gasteiger partial charge in [-0.3, -0.25) is 0 Å². The van der Waals surface area contributed by atoms with E-state index in [1.807, 2.05) is 12.1 Å². The summed E-state index contributed by atoms with van der Waals surface area (Å²) >= 11 is 0. The molecular weight excluding hydrogens is 150 g/mol. The Bertz CT molecular complexity index is 338. The monoisotopic (exact) mass is 159 g/mol. The largest absolute Gasteiger partial charge is 0.191 e. The minimum Gasteiger partial charge on any atom is -0.191 e. The normalized spacial score (nSPS) is 14.9. The fraction of sp³-hybridized carbons (Fsp3) is 0.444. The number of rotatable bonds is 0. The fourth-order valence-corrected chi connectivity index (χ4v) is 1.55. The molecule has 0 saturated carbocycles. The first-order valence-electron chi connectivity index (χ1n) is 4.16. The van der Waals surface area contributed by atoms with Gasteiger partial charge in [0.1, 0.15) is 6.07 Å². The SMILES string of the molecule is N#Cc1cc2c(nn1)CCCC2. The van der Waals surface area contributed by atoms with E-state index in [2.05, 4.69) is 10.2 Å². The third kappa shape index (κ3) is 1.16. The van der Waals surface area contributed by atoms with Crippen molar-refractivity contribution in [2.75, 3.05) is 0 Å². The number of aryl methyl sites for hydroxylation is 2. The molecule has 3 heteroatoms. The maximum absolute atomic E-state index is 8.59. The van der Waals surface area contributed by atoms with E-state index >= 15 is 0 Å². The van der Waals surface area contributed by atoms with Gasteiger partial charge in [-0.15, -0.1) is 5.10 Å². The van der Waals surface area contributed by atoms with Gasteiger partial charge in [-0.05, 0) is 37.3 Å². The average molecular weight is 159 g/mol. The molecule has 2 rings (SSSR count). The number of fused-ring (bicyclic) bond motifs is 1. The van der Waals surface area contributed by atoms with Crippen LogP contribution in [0.2, 0.25) is 0 Å². The van der Waals surface area contributed by atoms with Gasteiger partial charge in [0.2, 0.25) is 0 Å². The van der Waals surface area contributed by atoms with Crippen molar-refractivity contribution in [3.05, 3.63) is 23.0 Å². The Labute approximate surface area is 71.1 Å². The van der Waals surface area contributed by atoms with Crippen LogP contribution < -0.4 is 0 Å². The molecule has 0 saturated heterocycles. The zero-order valence-corrected chi connectivity index (χ0v) is 6.75. The van der Waals surface area contributed by atoms with Crippen molar-refractivity contribution in [3.63, 3.8) is 0 Å². The zero-order chi connectivity index (χ0) is 8.39. The Morgan fingerprint density at radius 2 is 2.08 bits per heavy atom. The van der Waals surface area contributed by atoms with Gasteiger partial charge >= 0.3 is 0 Å². The predicted octanol–water partition coefficient (Wildman–Crippen LogP) is 1.23. The Hall–Kier alpha value is -1.43. The molecule has 1 aromatic heterocycles. The Kier molecular flexibility index (Phi) is 1.75. The molecule has 1 aliphatic rings. The van der Waals surface area contributed by atoms with Gasteiger partial charge in [0.25, 0.3) is 0 Å². The quantitative estimate of drug-likeness (QED) is 0.572. The molecule has 0 amide bonds. The van der Waals surface area contributed by atoms with E-state index < -0.39 is 0 Å². The van der Waals surface area contributed by atoms with Crippen molar-refractivity contribution >= 4 is 0 Å². The van der Waals surface area contributed by atoms with Gasteiger partial charge in [0.15, 0.2) is 5.69 Å². The first-order chi connectivity index (χ1) is 5.90. The second kappa shape index (κ2) is 2.90. The lowest BCUT2D eigenvalue weighted by Crippen LogP contribution is -2.07. The summed E-state index contributed by atoms with van der Waals surface area (Å²) < 4.78 is 0. The van der Waals surface area contributed by atoms with Crippen molar-refractivity contribution in [1.29, 1.82) is 5.26 Å². The minimum atomic E-state index is 0.440. The fourth-order valence-electron chi connectivity index (χ4n) is 1.55. The van der Waals surface area contributed by atoms with E-state index in [-0.39, 0.29) is 0 Å². The van der Waals surface area contributed by atoms with Crippen molar-refractivity contribution in [2.24, 2.45) is 0 Å². The lowest BCUT2D eigenvalue weighted by molar-refractivity contribution is 0.653. The first-order valence-corrected chi connectivity index (χ1v) is 4.16. The van der Waals surface area contributed by atoms with Gasteiger partial charge in [-0.1, -0.05) is 0 Å². The molecule has 0 fully saturated rings. The summed E-state index contributed by atoms with van der Waals surface area (Å²) in [5.41, 5.74) is 2.74. The van der Waals surface area contributed by atoms with Crippen LogP contribution in [0.15, 0.2) is 6.07 Å². The lowest BCUT2D eigenvalue weighted by Gasteiger charge is -2.12.